The Morgan fingerprint density at radius 3 is 2.86 bits per heavy atom. The van der Waals surface area contributed by atoms with Crippen molar-refractivity contribution in [2.75, 3.05) is 0 Å². The Labute approximate surface area is 130 Å². The van der Waals surface area contributed by atoms with Gasteiger partial charge < -0.3 is 5.32 Å². The highest BCUT2D eigenvalue weighted by Gasteiger charge is 2.21. The first-order valence-corrected chi connectivity index (χ1v) is 7.50. The second-order valence-corrected chi connectivity index (χ2v) is 6.05. The molecule has 0 aliphatic rings. The zero-order valence-corrected chi connectivity index (χ0v) is 12.8. The van der Waals surface area contributed by atoms with Crippen LogP contribution in [0.1, 0.15) is 22.2 Å². The predicted molar refractivity (Wildman–Crippen MR) is 83.1 cm³/mol. The second kappa shape index (κ2) is 6.69. The molecule has 21 heavy (non-hydrogen) atoms. The smallest absolute Gasteiger partial charge is 0.282 e. The number of rotatable bonds is 5. The standard InChI is InChI=1S/C14H13ClN2O3S/c1-9(7-11-3-2-6-21-11)16-14(18)12-8-10(15)4-5-13(12)17(19)20/h2-6,8-9H,7H2,1H3,(H,16,18). The summed E-state index contributed by atoms with van der Waals surface area (Å²) >= 11 is 7.42. The molecule has 0 aliphatic carbocycles. The number of thiophene rings is 1. The summed E-state index contributed by atoms with van der Waals surface area (Å²) in [5.74, 6) is -0.492. The minimum absolute atomic E-state index is 0.0227. The van der Waals surface area contributed by atoms with Gasteiger partial charge in [0.1, 0.15) is 5.56 Å². The number of nitro benzene ring substituents is 1. The number of nitrogens with zero attached hydrogens (tertiary/aromatic N) is 1. The minimum Gasteiger partial charge on any atom is -0.349 e. The van der Waals surface area contributed by atoms with E-state index in [2.05, 4.69) is 5.32 Å². The zero-order valence-electron chi connectivity index (χ0n) is 11.2. The van der Waals surface area contributed by atoms with Crippen molar-refractivity contribution in [1.82, 2.24) is 5.32 Å². The lowest BCUT2D eigenvalue weighted by molar-refractivity contribution is -0.385. The number of halogens is 1. The molecule has 0 spiro atoms. The van der Waals surface area contributed by atoms with E-state index < -0.39 is 10.8 Å². The molecule has 0 saturated heterocycles. The molecule has 0 bridgehead atoms. The molecule has 0 aliphatic heterocycles. The summed E-state index contributed by atoms with van der Waals surface area (Å²) in [4.78, 5) is 23.7. The summed E-state index contributed by atoms with van der Waals surface area (Å²) in [6.07, 6.45) is 0.678. The molecule has 1 aromatic heterocycles. The number of amides is 1. The van der Waals surface area contributed by atoms with E-state index in [-0.39, 0.29) is 22.3 Å². The van der Waals surface area contributed by atoms with Gasteiger partial charge in [0.15, 0.2) is 0 Å². The maximum absolute atomic E-state index is 12.2. The van der Waals surface area contributed by atoms with Crippen molar-refractivity contribution in [1.29, 1.82) is 0 Å². The fourth-order valence-electron chi connectivity index (χ4n) is 1.93. The molecule has 2 aromatic rings. The van der Waals surface area contributed by atoms with E-state index in [0.29, 0.717) is 6.42 Å². The average Bonchev–Trinajstić information content (AvgIpc) is 2.90. The number of hydrogen-bond acceptors (Lipinski definition) is 4. The minimum atomic E-state index is -0.588. The van der Waals surface area contributed by atoms with Crippen molar-refractivity contribution in [2.45, 2.75) is 19.4 Å². The van der Waals surface area contributed by atoms with Crippen LogP contribution in [-0.2, 0) is 6.42 Å². The Hall–Kier alpha value is -1.92. The molecule has 0 fully saturated rings. The predicted octanol–water partition coefficient (Wildman–Crippen LogP) is 3.67. The first-order valence-electron chi connectivity index (χ1n) is 6.24. The van der Waals surface area contributed by atoms with Crippen molar-refractivity contribution >= 4 is 34.5 Å². The lowest BCUT2D eigenvalue weighted by Gasteiger charge is -2.13. The summed E-state index contributed by atoms with van der Waals surface area (Å²) in [5.41, 5.74) is -0.272. The number of benzene rings is 1. The maximum Gasteiger partial charge on any atom is 0.282 e. The van der Waals surface area contributed by atoms with E-state index in [0.717, 1.165) is 4.88 Å². The molecule has 1 unspecified atom stereocenters. The fraction of sp³-hybridized carbons (Fsp3) is 0.214. The van der Waals surface area contributed by atoms with Crippen LogP contribution in [-0.4, -0.2) is 16.9 Å². The fourth-order valence-corrected chi connectivity index (χ4v) is 2.94. The molecule has 1 N–H and O–H groups in total. The van der Waals surface area contributed by atoms with Gasteiger partial charge in [-0.25, -0.2) is 0 Å². The Morgan fingerprint density at radius 1 is 1.48 bits per heavy atom. The van der Waals surface area contributed by atoms with E-state index in [4.69, 9.17) is 11.6 Å². The van der Waals surface area contributed by atoms with Crippen LogP contribution in [0.5, 0.6) is 0 Å². The first-order chi connectivity index (χ1) is 9.97. The molecule has 1 heterocycles. The summed E-state index contributed by atoms with van der Waals surface area (Å²) in [6, 6.07) is 7.74. The Balaban J connectivity index is 2.12. The topological polar surface area (TPSA) is 72.2 Å². The van der Waals surface area contributed by atoms with E-state index in [1.165, 1.54) is 18.2 Å². The van der Waals surface area contributed by atoms with E-state index in [1.807, 2.05) is 24.4 Å². The molecule has 2 rings (SSSR count). The number of carbonyl (C=O) groups is 1. The summed E-state index contributed by atoms with van der Waals surface area (Å²) in [6.45, 7) is 1.86. The number of carbonyl (C=O) groups excluding carboxylic acids is 1. The van der Waals surface area contributed by atoms with E-state index >= 15 is 0 Å². The van der Waals surface area contributed by atoms with Crippen LogP contribution in [0.25, 0.3) is 0 Å². The third-order valence-electron chi connectivity index (χ3n) is 2.86. The van der Waals surface area contributed by atoms with Crippen LogP contribution in [0.15, 0.2) is 35.7 Å². The van der Waals surface area contributed by atoms with E-state index in [1.54, 1.807) is 11.3 Å². The summed E-state index contributed by atoms with van der Waals surface area (Å²) in [7, 11) is 0. The monoisotopic (exact) mass is 324 g/mol. The molecule has 110 valence electrons. The molecular formula is C14H13ClN2O3S. The number of nitrogens with one attached hydrogen (secondary N) is 1. The van der Waals surface area contributed by atoms with Gasteiger partial charge in [-0.1, -0.05) is 17.7 Å². The van der Waals surface area contributed by atoms with Crippen LogP contribution in [0.3, 0.4) is 0 Å². The van der Waals surface area contributed by atoms with E-state index in [9.17, 15) is 14.9 Å². The second-order valence-electron chi connectivity index (χ2n) is 4.58. The van der Waals surface area contributed by atoms with Crippen molar-refractivity contribution in [3.63, 3.8) is 0 Å². The van der Waals surface area contributed by atoms with Gasteiger partial charge in [0.25, 0.3) is 11.6 Å². The Bertz CT molecular complexity index is 658. The zero-order chi connectivity index (χ0) is 15.4. The largest absolute Gasteiger partial charge is 0.349 e. The molecule has 1 amide bonds. The SMILES string of the molecule is CC(Cc1cccs1)NC(=O)c1cc(Cl)ccc1[N+](=O)[O-]. The molecule has 1 atom stereocenters. The summed E-state index contributed by atoms with van der Waals surface area (Å²) in [5, 5.41) is 16.0. The van der Waals surface area contributed by atoms with Crippen LogP contribution in [0.2, 0.25) is 5.02 Å². The normalized spacial score (nSPS) is 11.9. The van der Waals surface area contributed by atoms with Crippen LogP contribution < -0.4 is 5.32 Å². The highest BCUT2D eigenvalue weighted by molar-refractivity contribution is 7.09. The number of hydrogen-bond donors (Lipinski definition) is 1. The highest BCUT2D eigenvalue weighted by atomic mass is 35.5. The van der Waals surface area contributed by atoms with Gasteiger partial charge in [-0.05, 0) is 30.5 Å². The van der Waals surface area contributed by atoms with Gasteiger partial charge in [0.2, 0.25) is 0 Å². The Kier molecular flexibility index (Phi) is 4.93. The van der Waals surface area contributed by atoms with Crippen molar-refractivity contribution in [3.8, 4) is 0 Å². The molecular weight excluding hydrogens is 312 g/mol. The van der Waals surface area contributed by atoms with Gasteiger partial charge >= 0.3 is 0 Å². The maximum atomic E-state index is 12.2. The molecule has 7 heteroatoms. The van der Waals surface area contributed by atoms with Crippen LogP contribution in [0, 0.1) is 10.1 Å². The first kappa shape index (κ1) is 15.5. The van der Waals surface area contributed by atoms with Crippen LogP contribution in [0.4, 0.5) is 5.69 Å². The van der Waals surface area contributed by atoms with Gasteiger partial charge in [-0.3, -0.25) is 14.9 Å². The lowest BCUT2D eigenvalue weighted by atomic mass is 10.1. The van der Waals surface area contributed by atoms with Gasteiger partial charge in [-0.2, -0.15) is 0 Å². The third kappa shape index (κ3) is 4.03. The van der Waals surface area contributed by atoms with Gasteiger partial charge in [-0.15, -0.1) is 11.3 Å². The lowest BCUT2D eigenvalue weighted by Crippen LogP contribution is -2.34. The van der Waals surface area contributed by atoms with Crippen molar-refractivity contribution < 1.29 is 9.72 Å². The molecule has 1 aromatic carbocycles. The highest BCUT2D eigenvalue weighted by Crippen LogP contribution is 2.23. The average molecular weight is 325 g/mol. The van der Waals surface area contributed by atoms with Crippen LogP contribution >= 0.6 is 22.9 Å². The van der Waals surface area contributed by atoms with Gasteiger partial charge in [0.05, 0.1) is 4.92 Å². The Morgan fingerprint density at radius 2 is 2.24 bits per heavy atom. The molecule has 5 nitrogen and oxygen atoms in total. The third-order valence-corrected chi connectivity index (χ3v) is 4.00. The molecule has 0 radical (unpaired) electrons. The van der Waals surface area contributed by atoms with Gasteiger partial charge in [0, 0.05) is 28.4 Å². The molecule has 0 saturated carbocycles. The summed E-state index contributed by atoms with van der Waals surface area (Å²) < 4.78 is 0. The quantitative estimate of drug-likeness (QED) is 0.673. The van der Waals surface area contributed by atoms with Crippen molar-refractivity contribution in [3.05, 3.63) is 61.3 Å². The number of nitro groups is 1. The van der Waals surface area contributed by atoms with Crippen molar-refractivity contribution in [2.24, 2.45) is 0 Å².